The van der Waals surface area contributed by atoms with Gasteiger partial charge in [-0.15, -0.1) is 17.2 Å². The minimum absolute atomic E-state index is 0. The van der Waals surface area contributed by atoms with Crippen LogP contribution in [0.25, 0.3) is 33.4 Å². The van der Waals surface area contributed by atoms with E-state index in [2.05, 4.69) is 17.2 Å². The Bertz CT molecular complexity index is 2980. The number of anilines is 2. The monoisotopic (exact) mass is 1160 g/mol. The SMILES string of the molecule is C=CC(O)(O)c1c(-c2ccc(C(O)(O)O)c(-c3cccc4c3OC(C)(C)c3ccccc3NC4(C)C)c2C(O)(O)O)ccc([C-](O)O)c1-c1cccc2c1NC(C)(C)c1ccccc1OC2(C)C.[U]. The summed E-state index contributed by atoms with van der Waals surface area (Å²) in [6.45, 7) is 18.6. The summed E-state index contributed by atoms with van der Waals surface area (Å²) in [7, 11) is 0. The number of ether oxygens (including phenoxy) is 2. The Kier molecular flexibility index (Phi) is 13.1. The van der Waals surface area contributed by atoms with Gasteiger partial charge in [-0.05, 0) is 102 Å². The van der Waals surface area contributed by atoms with Crippen LogP contribution in [-0.4, -0.2) is 51.1 Å². The first-order valence-corrected chi connectivity index (χ1v) is 22.0. The number of aliphatic hydroxyl groups excluding tert-OH is 1. The maximum atomic E-state index is 12.2. The van der Waals surface area contributed by atoms with Gasteiger partial charge in [0.2, 0.25) is 0 Å². The van der Waals surface area contributed by atoms with Gasteiger partial charge in [-0.25, -0.2) is 0 Å². The van der Waals surface area contributed by atoms with Crippen molar-refractivity contribution in [1.82, 2.24) is 0 Å². The largest absolute Gasteiger partial charge is 0.483 e. The molecule has 360 valence electrons. The number of nitrogens with one attached hydrogen (secondary N) is 2. The number of aliphatic hydroxyl groups is 10. The molecular weight excluding hydrogens is 1110 g/mol. The first-order valence-electron chi connectivity index (χ1n) is 22.0. The van der Waals surface area contributed by atoms with E-state index < -0.39 is 68.6 Å². The van der Waals surface area contributed by atoms with E-state index in [4.69, 9.17) is 9.47 Å². The molecule has 0 unspecified atom stereocenters. The molecule has 0 saturated carbocycles. The van der Waals surface area contributed by atoms with Gasteiger partial charge in [-0.1, -0.05) is 85.4 Å². The molecule has 2 aliphatic rings. The van der Waals surface area contributed by atoms with Gasteiger partial charge in [0.15, 0.2) is 5.79 Å². The molecule has 14 nitrogen and oxygen atoms in total. The Labute approximate surface area is 424 Å². The van der Waals surface area contributed by atoms with Crippen LogP contribution in [-0.2, 0) is 40.0 Å². The molecule has 0 amide bonds. The predicted molar refractivity (Wildman–Crippen MR) is 255 cm³/mol. The van der Waals surface area contributed by atoms with Gasteiger partial charge in [-0.3, -0.25) is 0 Å². The van der Waals surface area contributed by atoms with Crippen LogP contribution in [0.3, 0.4) is 0 Å². The molecule has 2 heterocycles. The molecule has 15 heteroatoms. The molecule has 0 aromatic heterocycles. The Balaban J connectivity index is 0.00000703. The van der Waals surface area contributed by atoms with Crippen molar-refractivity contribution < 1.29 is 91.7 Å². The molecule has 0 fully saturated rings. The van der Waals surface area contributed by atoms with E-state index in [9.17, 15) is 51.1 Å². The van der Waals surface area contributed by atoms with Crippen LogP contribution in [0, 0.1) is 37.4 Å². The first kappa shape index (κ1) is 51.6. The van der Waals surface area contributed by atoms with E-state index in [0.29, 0.717) is 22.6 Å². The van der Waals surface area contributed by atoms with Gasteiger partial charge in [0.05, 0.1) is 22.9 Å². The molecular formula is C54H57N2O12U-. The van der Waals surface area contributed by atoms with Gasteiger partial charge in [0, 0.05) is 81.4 Å². The van der Waals surface area contributed by atoms with Crippen molar-refractivity contribution in [3.63, 3.8) is 0 Å². The number of fused-ring (bicyclic) bond motifs is 4. The molecule has 12 N–H and O–H groups in total. The zero-order valence-electron chi connectivity index (χ0n) is 39.5. The second-order valence-corrected chi connectivity index (χ2v) is 19.5. The van der Waals surface area contributed by atoms with E-state index in [1.807, 2.05) is 110 Å². The van der Waals surface area contributed by atoms with Crippen molar-refractivity contribution in [2.24, 2.45) is 0 Å². The summed E-state index contributed by atoms with van der Waals surface area (Å²) in [5.41, 5.74) is -3.81. The third kappa shape index (κ3) is 9.09. The predicted octanol–water partition coefficient (Wildman–Crippen LogP) is 7.72. The topological polar surface area (TPSA) is 245 Å². The maximum Gasteiger partial charge on any atom is 0.305 e. The summed E-state index contributed by atoms with van der Waals surface area (Å²) >= 11 is 0. The van der Waals surface area contributed by atoms with Gasteiger partial charge in [0.1, 0.15) is 22.7 Å². The molecule has 6 aromatic carbocycles. The van der Waals surface area contributed by atoms with E-state index in [-0.39, 0.29) is 70.2 Å². The second kappa shape index (κ2) is 17.6. The van der Waals surface area contributed by atoms with E-state index >= 15 is 0 Å². The number of benzene rings is 6. The van der Waals surface area contributed by atoms with Gasteiger partial charge in [-0.2, -0.15) is 6.07 Å². The number of hydrogen-bond acceptors (Lipinski definition) is 14. The Morgan fingerprint density at radius 3 is 1.68 bits per heavy atom. The van der Waals surface area contributed by atoms with E-state index in [0.717, 1.165) is 35.0 Å². The van der Waals surface area contributed by atoms with Crippen LogP contribution in [0.5, 0.6) is 11.5 Å². The molecule has 6 aromatic rings. The molecule has 2 aliphatic heterocycles. The summed E-state index contributed by atoms with van der Waals surface area (Å²) in [6, 6.07) is 29.6. The molecule has 0 aliphatic carbocycles. The van der Waals surface area contributed by atoms with Crippen molar-refractivity contribution in [1.29, 1.82) is 0 Å². The number of para-hydroxylation sites is 4. The number of rotatable bonds is 8. The van der Waals surface area contributed by atoms with Crippen molar-refractivity contribution in [2.45, 2.75) is 95.4 Å². The normalized spacial score (nSPS) is 16.6. The minimum Gasteiger partial charge on any atom is -0.483 e. The molecule has 0 radical (unpaired) electrons. The van der Waals surface area contributed by atoms with Crippen molar-refractivity contribution >= 4 is 11.4 Å². The van der Waals surface area contributed by atoms with E-state index in [1.165, 1.54) is 18.2 Å². The molecule has 0 bridgehead atoms. The van der Waals surface area contributed by atoms with E-state index in [1.54, 1.807) is 24.3 Å². The Morgan fingerprint density at radius 1 is 0.522 bits per heavy atom. The van der Waals surface area contributed by atoms with Gasteiger partial charge < -0.3 is 71.2 Å². The summed E-state index contributed by atoms with van der Waals surface area (Å²) < 4.78 is 13.6. The van der Waals surface area contributed by atoms with Crippen LogP contribution in [0.2, 0.25) is 0 Å². The number of hydrogen-bond donors (Lipinski definition) is 12. The zero-order chi connectivity index (χ0) is 49.7. The molecule has 69 heavy (non-hydrogen) atoms. The van der Waals surface area contributed by atoms with Crippen molar-refractivity contribution in [2.75, 3.05) is 10.6 Å². The third-order valence-corrected chi connectivity index (χ3v) is 13.0. The fraction of sp³-hybridized carbons (Fsp3) is 0.278. The molecule has 8 rings (SSSR count). The van der Waals surface area contributed by atoms with Crippen LogP contribution in [0.1, 0.15) is 99.9 Å². The second-order valence-electron chi connectivity index (χ2n) is 19.5. The standard InChI is InChI=1S/C54H57N2O12.U/c1-10-52(59,60)43-29(25-26-33(47(57)58)41(43)31-17-15-21-37-45(31)56-48(2,3)35-20-12-14-24-40(35)67-51(37,8)9)30-27-28-36(53(61,62)63)42(44(30)54(64,65)66)32-18-16-22-38-46(32)68-50(6,7)34-19-11-13-23-39(34)55-49(38,4)5;/h10-28,55-66H,1H2,2-9H3;/q-1;. The van der Waals surface area contributed by atoms with Crippen molar-refractivity contribution in [3.05, 3.63) is 173 Å². The van der Waals surface area contributed by atoms with Crippen LogP contribution in [0.15, 0.2) is 122 Å². The average molecular weight is 1160 g/mol. The first-order chi connectivity index (χ1) is 31.5. The Hall–Kier alpha value is -5.22. The van der Waals surface area contributed by atoms with Gasteiger partial charge in [0.25, 0.3) is 0 Å². The van der Waals surface area contributed by atoms with Crippen LogP contribution < -0.4 is 20.1 Å². The minimum atomic E-state index is -3.91. The quantitative estimate of drug-likeness (QED) is 0.0397. The smallest absolute Gasteiger partial charge is 0.305 e. The Morgan fingerprint density at radius 2 is 1.06 bits per heavy atom. The molecule has 0 spiro atoms. The molecule has 0 atom stereocenters. The van der Waals surface area contributed by atoms with Gasteiger partial charge >= 0.3 is 11.9 Å². The van der Waals surface area contributed by atoms with Crippen LogP contribution >= 0.6 is 0 Å². The summed E-state index contributed by atoms with van der Waals surface area (Å²) in [6.07, 6.45) is -0.442. The summed E-state index contributed by atoms with van der Waals surface area (Å²) in [5, 5.41) is 122. The average Bonchev–Trinajstić information content (AvgIpc) is 3.24. The zero-order valence-corrected chi connectivity index (χ0v) is 43.6. The summed E-state index contributed by atoms with van der Waals surface area (Å²) in [4.78, 5) is 0. The fourth-order valence-electron chi connectivity index (χ4n) is 9.86. The third-order valence-electron chi connectivity index (χ3n) is 13.0. The van der Waals surface area contributed by atoms with Crippen molar-refractivity contribution in [3.8, 4) is 44.9 Å². The van der Waals surface area contributed by atoms with Crippen LogP contribution in [0.4, 0.5) is 11.4 Å². The fourth-order valence-corrected chi connectivity index (χ4v) is 9.86. The summed E-state index contributed by atoms with van der Waals surface area (Å²) in [5.74, 6) is -9.99. The molecule has 0 saturated heterocycles. The maximum absolute atomic E-state index is 12.2.